The summed E-state index contributed by atoms with van der Waals surface area (Å²) < 4.78 is 33.9. The van der Waals surface area contributed by atoms with Gasteiger partial charge in [0.2, 0.25) is 0 Å². The second kappa shape index (κ2) is 2.64. The summed E-state index contributed by atoms with van der Waals surface area (Å²) in [6.07, 6.45) is 1.23. The third-order valence-corrected chi connectivity index (χ3v) is 7.38. The molecular weight excluding hydrogens is 317 g/mol. The fourth-order valence-corrected chi connectivity index (χ4v) is 0. The second-order valence-corrected chi connectivity index (χ2v) is 12.8. The third kappa shape index (κ3) is 3.74. The first-order valence-electron chi connectivity index (χ1n) is 1.20. The van der Waals surface area contributed by atoms with Gasteiger partial charge in [0.1, 0.15) is 0 Å². The zero-order chi connectivity index (χ0) is 6.08. The van der Waals surface area contributed by atoms with Gasteiger partial charge >= 0.3 is 53.2 Å². The molecule has 0 aliphatic carbocycles. The minimum absolute atomic E-state index is 0.637. The van der Waals surface area contributed by atoms with Crippen molar-refractivity contribution in [2.45, 2.75) is 0 Å². The molecule has 0 N–H and O–H groups in total. The molecule has 1 unspecified atom stereocenters. The molecule has 0 aromatic carbocycles. The van der Waals surface area contributed by atoms with Crippen molar-refractivity contribution in [3.05, 3.63) is 0 Å². The van der Waals surface area contributed by atoms with Crippen LogP contribution >= 0.6 is 17.3 Å². The Morgan fingerprint density at radius 1 is 1.43 bits per heavy atom. The van der Waals surface area contributed by atoms with E-state index in [1.165, 1.54) is 6.26 Å². The van der Waals surface area contributed by atoms with Gasteiger partial charge in [0.25, 0.3) is 0 Å². The number of hydrogen-bond donors (Lipinski definition) is 0. The SMILES string of the molecule is C[S](=[W])S(F)(F)F. The Hall–Kier alpha value is 1.18. The Kier molecular flexibility index (Phi) is 3.09. The van der Waals surface area contributed by atoms with Crippen molar-refractivity contribution in [2.24, 2.45) is 0 Å². The average molecular weight is 320 g/mol. The van der Waals surface area contributed by atoms with Crippen molar-refractivity contribution >= 4 is 17.3 Å². The van der Waals surface area contributed by atoms with Gasteiger partial charge in [-0.1, -0.05) is 0 Å². The van der Waals surface area contributed by atoms with Crippen LogP contribution in [0.3, 0.4) is 0 Å². The first-order valence-corrected chi connectivity index (χ1v) is 8.21. The molecule has 0 saturated heterocycles. The maximum absolute atomic E-state index is 11.3. The molecule has 0 spiro atoms. The van der Waals surface area contributed by atoms with Crippen LogP contribution in [0.2, 0.25) is 0 Å². The van der Waals surface area contributed by atoms with E-state index in [1.54, 1.807) is 0 Å². The van der Waals surface area contributed by atoms with Gasteiger partial charge in [0, 0.05) is 0 Å². The molecule has 0 bridgehead atoms. The van der Waals surface area contributed by atoms with Gasteiger partial charge in [0.05, 0.1) is 0 Å². The predicted octanol–water partition coefficient (Wildman–Crippen LogP) is 2.72. The van der Waals surface area contributed by atoms with Crippen LogP contribution in [-0.4, -0.2) is 6.26 Å². The van der Waals surface area contributed by atoms with Gasteiger partial charge in [-0.2, -0.15) is 0 Å². The van der Waals surface area contributed by atoms with Crippen LogP contribution in [0.4, 0.5) is 11.7 Å². The summed E-state index contributed by atoms with van der Waals surface area (Å²) in [5.41, 5.74) is 0. The minimum atomic E-state index is -4.68. The Labute approximate surface area is 53.3 Å². The molecule has 6 heteroatoms. The normalized spacial score (nSPS) is 18.9. The van der Waals surface area contributed by atoms with E-state index in [0.29, 0.717) is 18.0 Å². The molecule has 0 aromatic heterocycles. The van der Waals surface area contributed by atoms with E-state index < -0.39 is 17.3 Å². The monoisotopic (exact) mass is 320 g/mol. The Balaban J connectivity index is 3.79. The van der Waals surface area contributed by atoms with Gasteiger partial charge in [-0.25, -0.2) is 0 Å². The zero-order valence-electron chi connectivity index (χ0n) is 3.36. The van der Waals surface area contributed by atoms with Crippen molar-refractivity contribution in [2.75, 3.05) is 6.26 Å². The van der Waals surface area contributed by atoms with Crippen LogP contribution in [0.1, 0.15) is 0 Å². The molecule has 0 nitrogen and oxygen atoms in total. The molecule has 0 aliphatic rings. The Morgan fingerprint density at radius 2 is 1.57 bits per heavy atom. The molecular formula is CH3F3S2W. The van der Waals surface area contributed by atoms with Crippen LogP contribution < -0.4 is 0 Å². The maximum atomic E-state index is 11.3. The van der Waals surface area contributed by atoms with Gasteiger partial charge < -0.3 is 0 Å². The summed E-state index contributed by atoms with van der Waals surface area (Å²) >= 11 is 0.637. The van der Waals surface area contributed by atoms with E-state index in [0.717, 1.165) is 0 Å². The fourth-order valence-electron chi connectivity index (χ4n) is 0. The predicted molar refractivity (Wildman–Crippen MR) is 24.4 cm³/mol. The summed E-state index contributed by atoms with van der Waals surface area (Å²) in [6, 6.07) is 0. The van der Waals surface area contributed by atoms with Crippen molar-refractivity contribution in [3.8, 4) is 0 Å². The molecule has 0 heterocycles. The molecule has 0 saturated carbocycles. The van der Waals surface area contributed by atoms with E-state index >= 15 is 0 Å². The van der Waals surface area contributed by atoms with Crippen molar-refractivity contribution in [1.82, 2.24) is 0 Å². The second-order valence-electron chi connectivity index (χ2n) is 0.765. The van der Waals surface area contributed by atoms with Gasteiger partial charge in [-0.05, 0) is 0 Å². The first kappa shape index (κ1) is 8.18. The summed E-state index contributed by atoms with van der Waals surface area (Å²) in [5, 5.41) is 0. The molecule has 46 valence electrons. The summed E-state index contributed by atoms with van der Waals surface area (Å²) in [5.74, 6) is 0. The molecule has 0 aromatic rings. The molecule has 7 heavy (non-hydrogen) atoms. The summed E-state index contributed by atoms with van der Waals surface area (Å²) in [6.45, 7) is 0. The van der Waals surface area contributed by atoms with E-state index in [2.05, 4.69) is 0 Å². The van der Waals surface area contributed by atoms with Crippen LogP contribution in [0.25, 0.3) is 0 Å². The first-order chi connectivity index (χ1) is 2.94. The van der Waals surface area contributed by atoms with E-state index in [9.17, 15) is 11.7 Å². The zero-order valence-corrected chi connectivity index (χ0v) is 7.93. The van der Waals surface area contributed by atoms with Crippen LogP contribution in [0.15, 0.2) is 0 Å². The molecule has 0 aliphatic heterocycles. The van der Waals surface area contributed by atoms with E-state index in [4.69, 9.17) is 0 Å². The standard InChI is InChI=1S/CH3F3S2.W/c1-5-6(2,3)4;/h1H3;. The molecule has 0 fully saturated rings. The van der Waals surface area contributed by atoms with Gasteiger partial charge in [0.15, 0.2) is 0 Å². The molecule has 0 rings (SSSR count). The number of hydrogen-bond acceptors (Lipinski definition) is 0. The van der Waals surface area contributed by atoms with Crippen molar-refractivity contribution < 1.29 is 29.7 Å². The van der Waals surface area contributed by atoms with Gasteiger partial charge in [-0.15, -0.1) is 0 Å². The fraction of sp³-hybridized carbons (Fsp3) is 1.00. The van der Waals surface area contributed by atoms with Crippen LogP contribution in [-0.2, 0) is 18.0 Å². The number of rotatable bonds is 1. The topological polar surface area (TPSA) is 0 Å². The quantitative estimate of drug-likeness (QED) is 0.652. The molecule has 0 radical (unpaired) electrons. The summed E-state index contributed by atoms with van der Waals surface area (Å²) in [4.78, 5) is 0. The third-order valence-electron chi connectivity index (χ3n) is 0.266. The van der Waals surface area contributed by atoms with E-state index in [1.807, 2.05) is 0 Å². The van der Waals surface area contributed by atoms with Crippen molar-refractivity contribution in [1.29, 1.82) is 0 Å². The van der Waals surface area contributed by atoms with Crippen LogP contribution in [0, 0.1) is 0 Å². The Morgan fingerprint density at radius 3 is 1.57 bits per heavy atom. The Bertz CT molecular complexity index is 85.4. The average Bonchev–Trinajstić information content (AvgIpc) is 1.31. The van der Waals surface area contributed by atoms with Crippen LogP contribution in [0.5, 0.6) is 0 Å². The molecule has 1 atom stereocenters. The number of halogens is 3. The van der Waals surface area contributed by atoms with Gasteiger partial charge in [-0.3, -0.25) is 0 Å². The summed E-state index contributed by atoms with van der Waals surface area (Å²) in [7, 11) is -5.94. The van der Waals surface area contributed by atoms with Crippen molar-refractivity contribution in [3.63, 3.8) is 0 Å². The van der Waals surface area contributed by atoms with E-state index in [-0.39, 0.29) is 0 Å². The molecule has 0 amide bonds.